The van der Waals surface area contributed by atoms with Crippen LogP contribution in [0.1, 0.15) is 50.4 Å². The lowest BCUT2D eigenvalue weighted by Gasteiger charge is -2.24. The summed E-state index contributed by atoms with van der Waals surface area (Å²) in [6.07, 6.45) is 3.48. The van der Waals surface area contributed by atoms with Gasteiger partial charge in [0.1, 0.15) is 6.17 Å². The minimum Gasteiger partial charge on any atom is -0.322 e. The summed E-state index contributed by atoms with van der Waals surface area (Å²) in [5.41, 5.74) is 2.43. The van der Waals surface area contributed by atoms with Crippen molar-refractivity contribution in [3.05, 3.63) is 35.4 Å². The predicted molar refractivity (Wildman–Crippen MR) is 77.8 cm³/mol. The fourth-order valence-corrected chi connectivity index (χ4v) is 2.57. The molecule has 1 aliphatic rings. The average molecular weight is 260 g/mol. The maximum Gasteiger partial charge on any atom is 0.241 e. The lowest BCUT2D eigenvalue weighted by molar-refractivity contribution is -0.129. The topological polar surface area (TPSA) is 32.3 Å². The molecule has 1 aliphatic heterocycles. The van der Waals surface area contributed by atoms with Crippen LogP contribution in [0, 0.1) is 6.92 Å². The second kappa shape index (κ2) is 6.20. The highest BCUT2D eigenvalue weighted by atomic mass is 16.2. The molecule has 0 radical (unpaired) electrons. The van der Waals surface area contributed by atoms with Crippen LogP contribution in [0.25, 0.3) is 0 Å². The SMILES string of the molecule is CCCCCN1C(=O)C(C)NC1c1ccc(C)cc1. The van der Waals surface area contributed by atoms with Crippen LogP contribution in [0.15, 0.2) is 24.3 Å². The second-order valence-electron chi connectivity index (χ2n) is 5.44. The Labute approximate surface area is 116 Å². The Morgan fingerprint density at radius 1 is 1.21 bits per heavy atom. The zero-order chi connectivity index (χ0) is 13.8. The summed E-state index contributed by atoms with van der Waals surface area (Å²) in [7, 11) is 0. The van der Waals surface area contributed by atoms with Crippen LogP contribution >= 0.6 is 0 Å². The molecule has 0 spiro atoms. The Morgan fingerprint density at radius 2 is 1.89 bits per heavy atom. The number of hydrogen-bond acceptors (Lipinski definition) is 2. The van der Waals surface area contributed by atoms with E-state index >= 15 is 0 Å². The molecule has 2 atom stereocenters. The number of carbonyl (C=O) groups is 1. The van der Waals surface area contributed by atoms with E-state index in [9.17, 15) is 4.79 Å². The predicted octanol–water partition coefficient (Wildman–Crippen LogP) is 3.00. The molecule has 3 nitrogen and oxygen atoms in total. The number of rotatable bonds is 5. The van der Waals surface area contributed by atoms with Crippen LogP contribution in [0.3, 0.4) is 0 Å². The van der Waals surface area contributed by atoms with Gasteiger partial charge in [0.05, 0.1) is 6.04 Å². The van der Waals surface area contributed by atoms with Crippen molar-refractivity contribution in [1.82, 2.24) is 10.2 Å². The normalized spacial score (nSPS) is 23.1. The number of aryl methyl sites for hydroxylation is 1. The van der Waals surface area contributed by atoms with Crippen molar-refractivity contribution < 1.29 is 4.79 Å². The van der Waals surface area contributed by atoms with Crippen LogP contribution in [0.5, 0.6) is 0 Å². The summed E-state index contributed by atoms with van der Waals surface area (Å²) in [4.78, 5) is 14.2. The van der Waals surface area contributed by atoms with Crippen molar-refractivity contribution in [2.45, 2.75) is 52.2 Å². The van der Waals surface area contributed by atoms with E-state index in [1.54, 1.807) is 0 Å². The summed E-state index contributed by atoms with van der Waals surface area (Å²) in [6, 6.07) is 8.37. The van der Waals surface area contributed by atoms with E-state index in [1.807, 2.05) is 11.8 Å². The van der Waals surface area contributed by atoms with Gasteiger partial charge < -0.3 is 4.90 Å². The van der Waals surface area contributed by atoms with Gasteiger partial charge in [-0.15, -0.1) is 0 Å². The first kappa shape index (κ1) is 14.1. The summed E-state index contributed by atoms with van der Waals surface area (Å²) in [5, 5.41) is 3.39. The van der Waals surface area contributed by atoms with E-state index in [4.69, 9.17) is 0 Å². The summed E-state index contributed by atoms with van der Waals surface area (Å²) in [6.45, 7) is 7.06. The molecule has 1 amide bonds. The number of amides is 1. The molecule has 2 rings (SSSR count). The smallest absolute Gasteiger partial charge is 0.241 e. The molecule has 104 valence electrons. The molecular formula is C16H24N2O. The zero-order valence-corrected chi connectivity index (χ0v) is 12.1. The molecule has 1 heterocycles. The lowest BCUT2D eigenvalue weighted by atomic mass is 10.1. The van der Waals surface area contributed by atoms with E-state index in [2.05, 4.69) is 43.4 Å². The Kier molecular flexibility index (Phi) is 4.59. The Balaban J connectivity index is 2.12. The number of benzene rings is 1. The largest absolute Gasteiger partial charge is 0.322 e. The maximum atomic E-state index is 12.2. The van der Waals surface area contributed by atoms with Crippen molar-refractivity contribution in [3.8, 4) is 0 Å². The van der Waals surface area contributed by atoms with Crippen LogP contribution in [-0.4, -0.2) is 23.4 Å². The quantitative estimate of drug-likeness (QED) is 0.825. The van der Waals surface area contributed by atoms with Gasteiger partial charge in [-0.05, 0) is 25.8 Å². The lowest BCUT2D eigenvalue weighted by Crippen LogP contribution is -2.31. The van der Waals surface area contributed by atoms with Crippen molar-refractivity contribution in [2.75, 3.05) is 6.54 Å². The van der Waals surface area contributed by atoms with Gasteiger partial charge in [0.15, 0.2) is 0 Å². The molecule has 0 aliphatic carbocycles. The summed E-state index contributed by atoms with van der Waals surface area (Å²) < 4.78 is 0. The highest BCUT2D eigenvalue weighted by molar-refractivity contribution is 5.84. The maximum absolute atomic E-state index is 12.2. The summed E-state index contributed by atoms with van der Waals surface area (Å²) >= 11 is 0. The van der Waals surface area contributed by atoms with E-state index in [1.165, 1.54) is 24.0 Å². The van der Waals surface area contributed by atoms with Crippen LogP contribution < -0.4 is 5.32 Å². The van der Waals surface area contributed by atoms with Gasteiger partial charge >= 0.3 is 0 Å². The monoisotopic (exact) mass is 260 g/mol. The Hall–Kier alpha value is -1.35. The molecule has 0 aromatic heterocycles. The number of hydrogen-bond donors (Lipinski definition) is 1. The third-order valence-electron chi connectivity index (χ3n) is 3.77. The fourth-order valence-electron chi connectivity index (χ4n) is 2.57. The molecule has 3 heteroatoms. The highest BCUT2D eigenvalue weighted by Crippen LogP contribution is 2.26. The molecule has 1 saturated heterocycles. The van der Waals surface area contributed by atoms with E-state index in [0.29, 0.717) is 0 Å². The van der Waals surface area contributed by atoms with Gasteiger partial charge in [0.25, 0.3) is 0 Å². The first-order valence-corrected chi connectivity index (χ1v) is 7.26. The van der Waals surface area contributed by atoms with Gasteiger partial charge in [0, 0.05) is 6.54 Å². The van der Waals surface area contributed by atoms with Crippen LogP contribution in [-0.2, 0) is 4.79 Å². The third-order valence-corrected chi connectivity index (χ3v) is 3.77. The third kappa shape index (κ3) is 3.16. The summed E-state index contributed by atoms with van der Waals surface area (Å²) in [5.74, 6) is 0.224. The zero-order valence-electron chi connectivity index (χ0n) is 12.1. The van der Waals surface area contributed by atoms with Gasteiger partial charge in [-0.1, -0.05) is 49.6 Å². The minimum absolute atomic E-state index is 0.0416. The van der Waals surface area contributed by atoms with E-state index in [-0.39, 0.29) is 18.1 Å². The Morgan fingerprint density at radius 3 is 2.53 bits per heavy atom. The van der Waals surface area contributed by atoms with E-state index < -0.39 is 0 Å². The van der Waals surface area contributed by atoms with E-state index in [0.717, 1.165) is 13.0 Å². The van der Waals surface area contributed by atoms with Gasteiger partial charge in [0.2, 0.25) is 5.91 Å². The fraction of sp³-hybridized carbons (Fsp3) is 0.562. The van der Waals surface area contributed by atoms with Crippen molar-refractivity contribution >= 4 is 5.91 Å². The molecule has 2 unspecified atom stereocenters. The number of carbonyl (C=O) groups excluding carboxylic acids is 1. The molecule has 1 aromatic carbocycles. The highest BCUT2D eigenvalue weighted by Gasteiger charge is 2.36. The molecule has 1 fully saturated rings. The van der Waals surface area contributed by atoms with Gasteiger partial charge in [-0.3, -0.25) is 10.1 Å². The van der Waals surface area contributed by atoms with Gasteiger partial charge in [-0.2, -0.15) is 0 Å². The van der Waals surface area contributed by atoms with Crippen molar-refractivity contribution in [1.29, 1.82) is 0 Å². The first-order chi connectivity index (χ1) is 9.13. The molecular weight excluding hydrogens is 236 g/mol. The number of nitrogens with one attached hydrogen (secondary N) is 1. The first-order valence-electron chi connectivity index (χ1n) is 7.26. The number of nitrogens with zero attached hydrogens (tertiary/aromatic N) is 1. The molecule has 0 bridgehead atoms. The Bertz CT molecular complexity index is 427. The molecule has 1 N–H and O–H groups in total. The second-order valence-corrected chi connectivity index (χ2v) is 5.44. The van der Waals surface area contributed by atoms with Crippen molar-refractivity contribution in [3.63, 3.8) is 0 Å². The van der Waals surface area contributed by atoms with Crippen LogP contribution in [0.2, 0.25) is 0 Å². The molecule has 19 heavy (non-hydrogen) atoms. The standard InChI is InChI=1S/C16H24N2O/c1-4-5-6-11-18-15(17-13(3)16(18)19)14-9-7-12(2)8-10-14/h7-10,13,15,17H,4-6,11H2,1-3H3. The van der Waals surface area contributed by atoms with Crippen molar-refractivity contribution in [2.24, 2.45) is 0 Å². The molecule has 1 aromatic rings. The van der Waals surface area contributed by atoms with Crippen LogP contribution in [0.4, 0.5) is 0 Å². The van der Waals surface area contributed by atoms with Gasteiger partial charge in [-0.25, -0.2) is 0 Å². The average Bonchev–Trinajstić information content (AvgIpc) is 2.68. The minimum atomic E-state index is -0.0760. The molecule has 0 saturated carbocycles. The number of unbranched alkanes of at least 4 members (excludes halogenated alkanes) is 2.